The van der Waals surface area contributed by atoms with Gasteiger partial charge in [-0.25, -0.2) is 9.37 Å². The Morgan fingerprint density at radius 1 is 1.31 bits per heavy atom. The molecule has 1 heterocycles. The zero-order valence-corrected chi connectivity index (χ0v) is 6.81. The van der Waals surface area contributed by atoms with Crippen molar-refractivity contribution in [3.05, 3.63) is 42.6 Å². The van der Waals surface area contributed by atoms with E-state index in [0.29, 0.717) is 11.5 Å². The minimum atomic E-state index is -0.313. The van der Waals surface area contributed by atoms with Gasteiger partial charge in [0.2, 0.25) is 0 Å². The molecule has 13 heavy (non-hydrogen) atoms. The number of nitrogens with zero attached hydrogens (tertiary/aromatic N) is 2. The van der Waals surface area contributed by atoms with Gasteiger partial charge in [0.05, 0.1) is 11.9 Å². The van der Waals surface area contributed by atoms with Crippen LogP contribution in [0.2, 0.25) is 0 Å². The van der Waals surface area contributed by atoms with Crippen LogP contribution in [-0.2, 0) is 0 Å². The molecule has 0 spiro atoms. The summed E-state index contributed by atoms with van der Waals surface area (Å²) in [6.07, 6.45) is 2.96. The van der Waals surface area contributed by atoms with Crippen molar-refractivity contribution in [1.82, 2.24) is 9.55 Å². The predicted molar refractivity (Wildman–Crippen MR) is 47.9 cm³/mol. The Kier molecular flexibility index (Phi) is 1.73. The Morgan fingerprint density at radius 2 is 2.08 bits per heavy atom. The van der Waals surface area contributed by atoms with Crippen LogP contribution in [0.25, 0.3) is 5.69 Å². The molecule has 0 bridgehead atoms. The quantitative estimate of drug-likeness (QED) is 0.718. The van der Waals surface area contributed by atoms with Crippen molar-refractivity contribution in [1.29, 1.82) is 0 Å². The number of benzene rings is 1. The maximum Gasteiger partial charge on any atom is 0.147 e. The lowest BCUT2D eigenvalue weighted by Crippen LogP contribution is -2.00. The molecule has 0 saturated heterocycles. The molecule has 0 saturated carbocycles. The summed E-state index contributed by atoms with van der Waals surface area (Å²) in [6.45, 7) is 0. The highest BCUT2D eigenvalue weighted by Gasteiger charge is 2.04. The molecule has 0 radical (unpaired) electrons. The molecule has 2 rings (SSSR count). The summed E-state index contributed by atoms with van der Waals surface area (Å²) in [6, 6.07) is 6.41. The van der Waals surface area contributed by atoms with Gasteiger partial charge >= 0.3 is 0 Å². The van der Waals surface area contributed by atoms with Crippen molar-refractivity contribution in [2.24, 2.45) is 0 Å². The van der Waals surface area contributed by atoms with Gasteiger partial charge in [-0.1, -0.05) is 12.1 Å². The fraction of sp³-hybridized carbons (Fsp3) is 0. The molecule has 4 heteroatoms. The Morgan fingerprint density at radius 3 is 2.69 bits per heavy atom. The number of rotatable bonds is 1. The highest BCUT2D eigenvalue weighted by molar-refractivity contribution is 5.42. The normalized spacial score (nSPS) is 10.2. The molecule has 66 valence electrons. The van der Waals surface area contributed by atoms with Crippen LogP contribution in [0.4, 0.5) is 10.2 Å². The third-order valence-corrected chi connectivity index (χ3v) is 1.78. The predicted octanol–water partition coefficient (Wildman–Crippen LogP) is 1.59. The summed E-state index contributed by atoms with van der Waals surface area (Å²) in [5, 5.41) is 0. The summed E-state index contributed by atoms with van der Waals surface area (Å²) < 4.78 is 14.7. The monoisotopic (exact) mass is 177 g/mol. The van der Waals surface area contributed by atoms with Crippen molar-refractivity contribution >= 4 is 5.82 Å². The number of halogens is 1. The Balaban J connectivity index is 2.59. The van der Waals surface area contributed by atoms with E-state index < -0.39 is 0 Å². The average molecular weight is 177 g/mol. The lowest BCUT2D eigenvalue weighted by molar-refractivity contribution is 0.618. The zero-order valence-electron chi connectivity index (χ0n) is 6.81. The van der Waals surface area contributed by atoms with E-state index in [1.165, 1.54) is 23.2 Å². The summed E-state index contributed by atoms with van der Waals surface area (Å²) in [5.74, 6) is 0.109. The third-order valence-electron chi connectivity index (χ3n) is 1.78. The van der Waals surface area contributed by atoms with Crippen molar-refractivity contribution in [3.63, 3.8) is 0 Å². The molecular weight excluding hydrogens is 169 g/mol. The van der Waals surface area contributed by atoms with Gasteiger partial charge < -0.3 is 5.73 Å². The molecule has 0 amide bonds. The van der Waals surface area contributed by atoms with E-state index >= 15 is 0 Å². The first-order valence-corrected chi connectivity index (χ1v) is 3.82. The van der Waals surface area contributed by atoms with E-state index in [0.717, 1.165) is 0 Å². The molecule has 0 aliphatic rings. The van der Waals surface area contributed by atoms with Crippen LogP contribution in [0.15, 0.2) is 36.8 Å². The van der Waals surface area contributed by atoms with Gasteiger partial charge in [-0.2, -0.15) is 0 Å². The van der Waals surface area contributed by atoms with Crippen LogP contribution >= 0.6 is 0 Å². The SMILES string of the molecule is Nc1cncn1-c1ccccc1F. The number of para-hydroxylation sites is 1. The number of hydrogen-bond acceptors (Lipinski definition) is 2. The van der Waals surface area contributed by atoms with E-state index in [1.54, 1.807) is 18.2 Å². The lowest BCUT2D eigenvalue weighted by atomic mass is 10.3. The summed E-state index contributed by atoms with van der Waals surface area (Å²) in [4.78, 5) is 3.81. The highest BCUT2D eigenvalue weighted by Crippen LogP contribution is 2.15. The first kappa shape index (κ1) is 7.79. The van der Waals surface area contributed by atoms with Gasteiger partial charge in [0, 0.05) is 0 Å². The van der Waals surface area contributed by atoms with Gasteiger partial charge in [-0.15, -0.1) is 0 Å². The number of imidazole rings is 1. The fourth-order valence-corrected chi connectivity index (χ4v) is 1.15. The van der Waals surface area contributed by atoms with E-state index in [9.17, 15) is 4.39 Å². The van der Waals surface area contributed by atoms with Crippen molar-refractivity contribution in [2.75, 3.05) is 5.73 Å². The van der Waals surface area contributed by atoms with Gasteiger partial charge in [0.1, 0.15) is 18.0 Å². The minimum absolute atomic E-state index is 0.313. The average Bonchev–Trinajstić information content (AvgIpc) is 2.52. The molecule has 0 unspecified atom stereocenters. The van der Waals surface area contributed by atoms with Crippen LogP contribution in [-0.4, -0.2) is 9.55 Å². The smallest absolute Gasteiger partial charge is 0.147 e. The molecule has 0 fully saturated rings. The maximum atomic E-state index is 13.2. The first-order chi connectivity index (χ1) is 6.29. The van der Waals surface area contributed by atoms with Crippen molar-refractivity contribution in [3.8, 4) is 5.69 Å². The largest absolute Gasteiger partial charge is 0.383 e. The van der Waals surface area contributed by atoms with Crippen LogP contribution in [0.3, 0.4) is 0 Å². The lowest BCUT2D eigenvalue weighted by Gasteiger charge is -2.04. The number of hydrogen-bond donors (Lipinski definition) is 1. The highest BCUT2D eigenvalue weighted by atomic mass is 19.1. The number of nitrogens with two attached hydrogens (primary N) is 1. The molecule has 2 N–H and O–H groups in total. The third kappa shape index (κ3) is 1.26. The van der Waals surface area contributed by atoms with E-state index in [4.69, 9.17) is 5.73 Å². The molecule has 1 aromatic carbocycles. The van der Waals surface area contributed by atoms with Crippen LogP contribution < -0.4 is 5.73 Å². The standard InChI is InChI=1S/C9H8FN3/c10-7-3-1-2-4-8(7)13-6-12-5-9(13)11/h1-6H,11H2. The van der Waals surface area contributed by atoms with Gasteiger partial charge in [0.15, 0.2) is 0 Å². The maximum absolute atomic E-state index is 13.2. The molecule has 0 aliphatic heterocycles. The second kappa shape index (κ2) is 2.90. The molecule has 2 aromatic rings. The molecule has 0 aliphatic carbocycles. The number of anilines is 1. The zero-order chi connectivity index (χ0) is 9.26. The van der Waals surface area contributed by atoms with Crippen LogP contribution in [0, 0.1) is 5.82 Å². The summed E-state index contributed by atoms with van der Waals surface area (Å²) >= 11 is 0. The Bertz CT molecular complexity index is 422. The van der Waals surface area contributed by atoms with Crippen LogP contribution in [0.1, 0.15) is 0 Å². The van der Waals surface area contributed by atoms with Crippen molar-refractivity contribution in [2.45, 2.75) is 0 Å². The number of nitrogen functional groups attached to an aromatic ring is 1. The van der Waals surface area contributed by atoms with Gasteiger partial charge in [-0.05, 0) is 12.1 Å². The topological polar surface area (TPSA) is 43.8 Å². The molecule has 0 atom stereocenters. The molecular formula is C9H8FN3. The molecule has 3 nitrogen and oxygen atoms in total. The second-order valence-electron chi connectivity index (χ2n) is 2.64. The van der Waals surface area contributed by atoms with E-state index in [-0.39, 0.29) is 5.82 Å². The van der Waals surface area contributed by atoms with E-state index in [1.807, 2.05) is 0 Å². The summed E-state index contributed by atoms with van der Waals surface area (Å²) in [5.41, 5.74) is 5.99. The second-order valence-corrected chi connectivity index (χ2v) is 2.64. The summed E-state index contributed by atoms with van der Waals surface area (Å²) in [7, 11) is 0. The first-order valence-electron chi connectivity index (χ1n) is 3.82. The van der Waals surface area contributed by atoms with Gasteiger partial charge in [0.25, 0.3) is 0 Å². The minimum Gasteiger partial charge on any atom is -0.383 e. The van der Waals surface area contributed by atoms with Gasteiger partial charge in [-0.3, -0.25) is 4.57 Å². The number of aromatic nitrogens is 2. The Hall–Kier alpha value is -1.84. The van der Waals surface area contributed by atoms with Crippen molar-refractivity contribution < 1.29 is 4.39 Å². The fourth-order valence-electron chi connectivity index (χ4n) is 1.15. The Labute approximate surface area is 74.6 Å². The molecule has 1 aromatic heterocycles. The van der Waals surface area contributed by atoms with E-state index in [2.05, 4.69) is 4.98 Å². The van der Waals surface area contributed by atoms with Crippen LogP contribution in [0.5, 0.6) is 0 Å².